The molecule has 0 aliphatic carbocycles. The van der Waals surface area contributed by atoms with Crippen molar-refractivity contribution in [1.82, 2.24) is 0 Å². The van der Waals surface area contributed by atoms with Crippen LogP contribution in [0.2, 0.25) is 0 Å². The second-order valence-electron chi connectivity index (χ2n) is 4.95. The smallest absolute Gasteiger partial charge is 0.165 e. The van der Waals surface area contributed by atoms with Crippen molar-refractivity contribution in [3.8, 4) is 17.2 Å². The highest BCUT2D eigenvalue weighted by Crippen LogP contribution is 2.43. The van der Waals surface area contributed by atoms with Gasteiger partial charge < -0.3 is 14.2 Å². The van der Waals surface area contributed by atoms with Crippen LogP contribution in [0, 0.1) is 0 Å². The first-order valence-electron chi connectivity index (χ1n) is 5.50. The Morgan fingerprint density at radius 1 is 1.12 bits per heavy atom. The average molecular weight is 222 g/mol. The van der Waals surface area contributed by atoms with Crippen LogP contribution in [0.5, 0.6) is 17.2 Å². The van der Waals surface area contributed by atoms with Crippen molar-refractivity contribution in [2.24, 2.45) is 0 Å². The summed E-state index contributed by atoms with van der Waals surface area (Å²) in [5.41, 5.74) is 1.14. The lowest BCUT2D eigenvalue weighted by Crippen LogP contribution is -2.21. The van der Waals surface area contributed by atoms with E-state index in [0.717, 1.165) is 22.8 Å². The molecule has 0 fully saturated rings. The van der Waals surface area contributed by atoms with Crippen molar-refractivity contribution >= 4 is 0 Å². The number of methoxy groups -OCH3 is 1. The van der Waals surface area contributed by atoms with E-state index < -0.39 is 0 Å². The molecule has 1 aromatic carbocycles. The van der Waals surface area contributed by atoms with Crippen LogP contribution < -0.4 is 14.2 Å². The highest BCUT2D eigenvalue weighted by molar-refractivity contribution is 5.54. The molecule has 0 radical (unpaired) electrons. The van der Waals surface area contributed by atoms with E-state index in [2.05, 4.69) is 20.8 Å². The van der Waals surface area contributed by atoms with Crippen LogP contribution in [0.4, 0.5) is 0 Å². The molecule has 0 saturated carbocycles. The van der Waals surface area contributed by atoms with Gasteiger partial charge in [-0.3, -0.25) is 0 Å². The van der Waals surface area contributed by atoms with Gasteiger partial charge in [-0.15, -0.1) is 0 Å². The summed E-state index contributed by atoms with van der Waals surface area (Å²) in [4.78, 5) is 0. The Labute approximate surface area is 96.3 Å². The maximum absolute atomic E-state index is 5.70. The first kappa shape index (κ1) is 11.1. The second kappa shape index (κ2) is 3.89. The monoisotopic (exact) mass is 222 g/mol. The van der Waals surface area contributed by atoms with Gasteiger partial charge in [0.25, 0.3) is 0 Å². The summed E-state index contributed by atoms with van der Waals surface area (Å²) in [6.45, 7) is 7.67. The quantitative estimate of drug-likeness (QED) is 0.731. The highest BCUT2D eigenvalue weighted by atomic mass is 16.6. The van der Waals surface area contributed by atoms with Gasteiger partial charge in [0.1, 0.15) is 19.0 Å². The summed E-state index contributed by atoms with van der Waals surface area (Å²) in [5, 5.41) is 0. The molecule has 0 N–H and O–H groups in total. The summed E-state index contributed by atoms with van der Waals surface area (Å²) in [5.74, 6) is 2.46. The van der Waals surface area contributed by atoms with Gasteiger partial charge in [0, 0.05) is 11.6 Å². The molecular weight excluding hydrogens is 204 g/mol. The van der Waals surface area contributed by atoms with E-state index in [1.807, 2.05) is 12.1 Å². The fraction of sp³-hybridized carbons (Fsp3) is 0.538. The van der Waals surface area contributed by atoms with Crippen LogP contribution in [0.25, 0.3) is 0 Å². The standard InChI is InChI=1S/C13H18O3/c1-13(2,3)10-7-9(14-4)8-11-12(10)16-6-5-15-11/h7-8H,5-6H2,1-4H3. The minimum atomic E-state index is 0.0132. The van der Waals surface area contributed by atoms with Gasteiger partial charge in [0.15, 0.2) is 11.5 Å². The van der Waals surface area contributed by atoms with E-state index >= 15 is 0 Å². The molecule has 0 unspecified atom stereocenters. The number of fused-ring (bicyclic) bond motifs is 1. The van der Waals surface area contributed by atoms with Crippen LogP contribution in [-0.2, 0) is 5.41 Å². The van der Waals surface area contributed by atoms with E-state index in [1.165, 1.54) is 0 Å². The van der Waals surface area contributed by atoms with Crippen molar-refractivity contribution in [2.45, 2.75) is 26.2 Å². The maximum atomic E-state index is 5.70. The normalized spacial score (nSPS) is 14.8. The van der Waals surface area contributed by atoms with Gasteiger partial charge >= 0.3 is 0 Å². The second-order valence-corrected chi connectivity index (χ2v) is 4.95. The van der Waals surface area contributed by atoms with E-state index in [1.54, 1.807) is 7.11 Å². The van der Waals surface area contributed by atoms with Crippen molar-refractivity contribution in [2.75, 3.05) is 20.3 Å². The molecule has 0 amide bonds. The Kier molecular flexibility index (Phi) is 2.70. The number of rotatable bonds is 1. The van der Waals surface area contributed by atoms with Crippen molar-refractivity contribution in [1.29, 1.82) is 0 Å². The molecule has 1 aliphatic rings. The van der Waals surface area contributed by atoms with Gasteiger partial charge in [0.05, 0.1) is 7.11 Å². The third-order valence-corrected chi connectivity index (χ3v) is 2.66. The summed E-state index contributed by atoms with van der Waals surface area (Å²) in [7, 11) is 1.66. The Balaban J connectivity index is 2.56. The van der Waals surface area contributed by atoms with Crippen LogP contribution in [0.15, 0.2) is 12.1 Å². The Bertz CT molecular complexity index is 391. The number of hydrogen-bond acceptors (Lipinski definition) is 3. The molecule has 1 heterocycles. The van der Waals surface area contributed by atoms with Gasteiger partial charge in [-0.05, 0) is 11.5 Å². The lowest BCUT2D eigenvalue weighted by Gasteiger charge is -2.28. The SMILES string of the molecule is COc1cc2c(c(C(C)(C)C)c1)OCCO2. The molecule has 0 saturated heterocycles. The summed E-state index contributed by atoms with van der Waals surface area (Å²) in [6.07, 6.45) is 0. The summed E-state index contributed by atoms with van der Waals surface area (Å²) >= 11 is 0. The minimum Gasteiger partial charge on any atom is -0.497 e. The molecule has 0 bridgehead atoms. The first-order valence-corrected chi connectivity index (χ1v) is 5.50. The highest BCUT2D eigenvalue weighted by Gasteiger charge is 2.25. The van der Waals surface area contributed by atoms with Gasteiger partial charge in [-0.25, -0.2) is 0 Å². The zero-order valence-corrected chi connectivity index (χ0v) is 10.3. The van der Waals surface area contributed by atoms with Gasteiger partial charge in [0.2, 0.25) is 0 Å². The molecule has 3 nitrogen and oxygen atoms in total. The molecule has 0 spiro atoms. The number of ether oxygens (including phenoxy) is 3. The lowest BCUT2D eigenvalue weighted by atomic mass is 9.86. The maximum Gasteiger partial charge on any atom is 0.165 e. The topological polar surface area (TPSA) is 27.7 Å². The third-order valence-electron chi connectivity index (χ3n) is 2.66. The van der Waals surface area contributed by atoms with Gasteiger partial charge in [-0.1, -0.05) is 20.8 Å². The van der Waals surface area contributed by atoms with Gasteiger partial charge in [-0.2, -0.15) is 0 Å². The van der Waals surface area contributed by atoms with E-state index in [4.69, 9.17) is 14.2 Å². The molecule has 1 aromatic rings. The Morgan fingerprint density at radius 3 is 2.44 bits per heavy atom. The molecule has 0 aromatic heterocycles. The molecule has 1 aliphatic heterocycles. The fourth-order valence-electron chi connectivity index (χ4n) is 1.80. The summed E-state index contributed by atoms with van der Waals surface area (Å²) in [6, 6.07) is 3.90. The molecule has 88 valence electrons. The molecule has 16 heavy (non-hydrogen) atoms. The van der Waals surface area contributed by atoms with Crippen molar-refractivity contribution in [3.05, 3.63) is 17.7 Å². The van der Waals surface area contributed by atoms with E-state index in [0.29, 0.717) is 13.2 Å². The minimum absolute atomic E-state index is 0.0132. The number of benzene rings is 1. The molecule has 3 heteroatoms. The van der Waals surface area contributed by atoms with Crippen LogP contribution in [-0.4, -0.2) is 20.3 Å². The Hall–Kier alpha value is -1.38. The van der Waals surface area contributed by atoms with Crippen LogP contribution >= 0.6 is 0 Å². The van der Waals surface area contributed by atoms with E-state index in [9.17, 15) is 0 Å². The predicted molar refractivity (Wildman–Crippen MR) is 62.7 cm³/mol. The largest absolute Gasteiger partial charge is 0.497 e. The first-order chi connectivity index (χ1) is 7.52. The molecule has 2 rings (SSSR count). The third kappa shape index (κ3) is 1.94. The Morgan fingerprint density at radius 2 is 1.81 bits per heavy atom. The van der Waals surface area contributed by atoms with Crippen LogP contribution in [0.1, 0.15) is 26.3 Å². The average Bonchev–Trinajstić information content (AvgIpc) is 2.26. The number of hydrogen-bond donors (Lipinski definition) is 0. The van der Waals surface area contributed by atoms with Crippen molar-refractivity contribution in [3.63, 3.8) is 0 Å². The molecule has 0 atom stereocenters. The zero-order chi connectivity index (χ0) is 11.8. The lowest BCUT2D eigenvalue weighted by molar-refractivity contribution is 0.167. The van der Waals surface area contributed by atoms with Crippen molar-refractivity contribution < 1.29 is 14.2 Å². The predicted octanol–water partition coefficient (Wildman–Crippen LogP) is 2.76. The fourth-order valence-corrected chi connectivity index (χ4v) is 1.80. The molecular formula is C13H18O3. The van der Waals surface area contributed by atoms with E-state index in [-0.39, 0.29) is 5.41 Å². The van der Waals surface area contributed by atoms with Crippen LogP contribution in [0.3, 0.4) is 0 Å². The zero-order valence-electron chi connectivity index (χ0n) is 10.3. The summed E-state index contributed by atoms with van der Waals surface area (Å²) < 4.78 is 16.6.